The molecule has 1 aromatic rings. The maximum absolute atomic E-state index is 13.2. The van der Waals surface area contributed by atoms with Crippen LogP contribution in [-0.4, -0.2) is 33.3 Å². The van der Waals surface area contributed by atoms with Crippen LogP contribution in [-0.2, 0) is 9.54 Å². The Morgan fingerprint density at radius 1 is 1.45 bits per heavy atom. The largest absolute Gasteiger partial charge is 0.508 e. The van der Waals surface area contributed by atoms with Gasteiger partial charge in [-0.05, 0) is 25.1 Å². The number of rotatable bonds is 5. The zero-order valence-corrected chi connectivity index (χ0v) is 11.2. The highest BCUT2D eigenvalue weighted by atomic mass is 32.1. The molecule has 0 aliphatic heterocycles. The van der Waals surface area contributed by atoms with Crippen LogP contribution in [0.3, 0.4) is 0 Å². The Labute approximate surface area is 118 Å². The Hall–Kier alpha value is -1.41. The average molecular weight is 310 g/mol. The first-order chi connectivity index (χ1) is 9.00. The molecule has 0 aromatic heterocycles. The number of hydrogen-bond donors (Lipinski definition) is 4. The number of aromatic hydroxyl groups is 1. The highest BCUT2D eigenvalue weighted by Crippen LogP contribution is 2.42. The van der Waals surface area contributed by atoms with Crippen LogP contribution in [0.4, 0.5) is 13.2 Å². The molecule has 2 unspecified atom stereocenters. The summed E-state index contributed by atoms with van der Waals surface area (Å²) in [5.74, 6) is -3.32. The van der Waals surface area contributed by atoms with Gasteiger partial charge in [0.2, 0.25) is 5.60 Å². The number of aliphatic hydroxyl groups is 1. The summed E-state index contributed by atoms with van der Waals surface area (Å²) in [7, 11) is 0. The zero-order valence-electron chi connectivity index (χ0n) is 10.3. The van der Waals surface area contributed by atoms with E-state index in [2.05, 4.69) is 12.6 Å². The molecule has 0 heterocycles. The van der Waals surface area contributed by atoms with Crippen molar-refractivity contribution >= 4 is 18.6 Å². The van der Waals surface area contributed by atoms with E-state index >= 15 is 0 Å². The van der Waals surface area contributed by atoms with Crippen LogP contribution in [0.5, 0.6) is 5.75 Å². The molecule has 8 heteroatoms. The number of carboxylic acids is 1. The average Bonchev–Trinajstić information content (AvgIpc) is 2.31. The third kappa shape index (κ3) is 3.18. The lowest BCUT2D eigenvalue weighted by Crippen LogP contribution is -2.49. The third-order valence-corrected chi connectivity index (χ3v) is 3.28. The summed E-state index contributed by atoms with van der Waals surface area (Å²) in [4.78, 5) is 10.8. The van der Waals surface area contributed by atoms with Crippen LogP contribution in [0.25, 0.3) is 0 Å². The quantitative estimate of drug-likeness (QED) is 0.629. The minimum Gasteiger partial charge on any atom is -0.508 e. The standard InChI is InChI=1S/C12H13F3O4S/c1-11(20,5-12(19,9(14)15)10(17)18)7-4-6(13)2-3-8(7)16/h2-4,9,16,19-20H,5H2,1H3,(H,17,18). The molecular formula is C12H13F3O4S. The van der Waals surface area contributed by atoms with Crippen LogP contribution in [0.1, 0.15) is 18.9 Å². The second-order valence-corrected chi connectivity index (χ2v) is 5.63. The molecule has 3 N–H and O–H groups in total. The molecule has 20 heavy (non-hydrogen) atoms. The SMILES string of the molecule is CC(S)(CC(O)(C(=O)O)C(F)F)c1cc(F)ccc1O. The number of halogens is 3. The van der Waals surface area contributed by atoms with Gasteiger partial charge >= 0.3 is 5.97 Å². The molecule has 0 radical (unpaired) electrons. The highest BCUT2D eigenvalue weighted by Gasteiger charge is 2.50. The minimum absolute atomic E-state index is 0.193. The van der Waals surface area contributed by atoms with E-state index in [-0.39, 0.29) is 5.56 Å². The molecule has 0 aliphatic carbocycles. The first kappa shape index (κ1) is 16.6. The van der Waals surface area contributed by atoms with Gasteiger partial charge in [-0.3, -0.25) is 0 Å². The van der Waals surface area contributed by atoms with E-state index in [4.69, 9.17) is 5.11 Å². The third-order valence-electron chi connectivity index (χ3n) is 2.88. The van der Waals surface area contributed by atoms with Crippen molar-refractivity contribution in [3.05, 3.63) is 29.6 Å². The molecule has 0 saturated carbocycles. The molecule has 0 saturated heterocycles. The van der Waals surface area contributed by atoms with E-state index in [0.717, 1.165) is 18.2 Å². The molecule has 4 nitrogen and oxygen atoms in total. The predicted octanol–water partition coefficient (Wildman–Crippen LogP) is 2.15. The lowest BCUT2D eigenvalue weighted by Gasteiger charge is -2.32. The smallest absolute Gasteiger partial charge is 0.341 e. The fraction of sp³-hybridized carbons (Fsp3) is 0.417. The van der Waals surface area contributed by atoms with Crippen molar-refractivity contribution in [2.45, 2.75) is 30.1 Å². The van der Waals surface area contributed by atoms with E-state index in [9.17, 15) is 28.2 Å². The molecule has 2 atom stereocenters. The van der Waals surface area contributed by atoms with Gasteiger partial charge in [0.05, 0.1) is 0 Å². The van der Waals surface area contributed by atoms with Crippen molar-refractivity contribution in [1.29, 1.82) is 0 Å². The van der Waals surface area contributed by atoms with Gasteiger partial charge in [-0.1, -0.05) is 0 Å². The molecule has 1 aromatic carbocycles. The Morgan fingerprint density at radius 2 is 2.00 bits per heavy atom. The Kier molecular flexibility index (Phi) is 4.60. The maximum Gasteiger partial charge on any atom is 0.341 e. The van der Waals surface area contributed by atoms with E-state index in [1.54, 1.807) is 0 Å². The fourth-order valence-electron chi connectivity index (χ4n) is 1.81. The lowest BCUT2D eigenvalue weighted by atomic mass is 9.86. The van der Waals surface area contributed by atoms with Gasteiger partial charge in [-0.2, -0.15) is 12.6 Å². The van der Waals surface area contributed by atoms with Gasteiger partial charge in [0.1, 0.15) is 11.6 Å². The summed E-state index contributed by atoms with van der Waals surface area (Å²) in [5, 5.41) is 27.9. The molecular weight excluding hydrogens is 297 g/mol. The summed E-state index contributed by atoms with van der Waals surface area (Å²) >= 11 is 3.99. The van der Waals surface area contributed by atoms with Gasteiger partial charge in [0.15, 0.2) is 0 Å². The number of benzene rings is 1. The summed E-state index contributed by atoms with van der Waals surface area (Å²) in [6, 6.07) is 2.77. The van der Waals surface area contributed by atoms with Crippen LogP contribution in [0, 0.1) is 5.82 Å². The van der Waals surface area contributed by atoms with E-state index < -0.39 is 40.7 Å². The second kappa shape index (κ2) is 5.53. The molecule has 112 valence electrons. The predicted molar refractivity (Wildman–Crippen MR) is 67.6 cm³/mol. The number of phenols is 1. The number of aliphatic carboxylic acids is 1. The van der Waals surface area contributed by atoms with Crippen molar-refractivity contribution in [1.82, 2.24) is 0 Å². The Morgan fingerprint density at radius 3 is 2.45 bits per heavy atom. The Bertz CT molecular complexity index is 521. The first-order valence-electron chi connectivity index (χ1n) is 5.46. The van der Waals surface area contributed by atoms with Crippen molar-refractivity contribution in [3.63, 3.8) is 0 Å². The van der Waals surface area contributed by atoms with E-state index in [1.165, 1.54) is 6.92 Å². The number of alkyl halides is 2. The van der Waals surface area contributed by atoms with Crippen molar-refractivity contribution in [2.75, 3.05) is 0 Å². The van der Waals surface area contributed by atoms with E-state index in [0.29, 0.717) is 0 Å². The zero-order chi connectivity index (χ0) is 15.7. The Balaban J connectivity index is 3.23. The van der Waals surface area contributed by atoms with Crippen molar-refractivity contribution in [2.24, 2.45) is 0 Å². The molecule has 1 rings (SSSR count). The molecule has 0 amide bonds. The number of phenolic OH excluding ortho intramolecular Hbond substituents is 1. The molecule has 0 spiro atoms. The molecule has 0 fully saturated rings. The topological polar surface area (TPSA) is 77.8 Å². The van der Waals surface area contributed by atoms with Crippen LogP contribution in [0.2, 0.25) is 0 Å². The normalized spacial score (nSPS) is 17.6. The van der Waals surface area contributed by atoms with Gasteiger partial charge in [0, 0.05) is 16.7 Å². The van der Waals surface area contributed by atoms with Gasteiger partial charge < -0.3 is 15.3 Å². The van der Waals surface area contributed by atoms with Gasteiger partial charge in [-0.25, -0.2) is 18.0 Å². The summed E-state index contributed by atoms with van der Waals surface area (Å²) in [6.07, 6.45) is -4.59. The summed E-state index contributed by atoms with van der Waals surface area (Å²) in [6.45, 7) is 1.20. The molecule has 0 aliphatic rings. The number of thiol groups is 1. The van der Waals surface area contributed by atoms with E-state index in [1.807, 2.05) is 0 Å². The molecule has 0 bridgehead atoms. The highest BCUT2D eigenvalue weighted by molar-refractivity contribution is 7.81. The fourth-order valence-corrected chi connectivity index (χ4v) is 2.23. The van der Waals surface area contributed by atoms with Gasteiger partial charge in [-0.15, -0.1) is 0 Å². The number of carboxylic acid groups (broad SMARTS) is 1. The monoisotopic (exact) mass is 310 g/mol. The van der Waals surface area contributed by atoms with Crippen LogP contribution in [0.15, 0.2) is 18.2 Å². The van der Waals surface area contributed by atoms with Gasteiger partial charge in [0.25, 0.3) is 6.43 Å². The summed E-state index contributed by atoms with van der Waals surface area (Å²) < 4.78 is 37.0. The van der Waals surface area contributed by atoms with Crippen molar-refractivity contribution in [3.8, 4) is 5.75 Å². The van der Waals surface area contributed by atoms with Crippen molar-refractivity contribution < 1.29 is 33.3 Å². The maximum atomic E-state index is 13.2. The summed E-state index contributed by atoms with van der Waals surface area (Å²) in [5.41, 5.74) is -3.55. The first-order valence-corrected chi connectivity index (χ1v) is 5.90. The van der Waals surface area contributed by atoms with Crippen LogP contribution >= 0.6 is 12.6 Å². The number of carbonyl (C=O) groups is 1. The number of hydrogen-bond acceptors (Lipinski definition) is 4. The minimum atomic E-state index is -3.57. The van der Waals surface area contributed by atoms with Crippen LogP contribution < -0.4 is 0 Å². The lowest BCUT2D eigenvalue weighted by molar-refractivity contribution is -0.179. The second-order valence-electron chi connectivity index (χ2n) is 4.64.